The van der Waals surface area contributed by atoms with Gasteiger partial charge in [-0.3, -0.25) is 0 Å². The van der Waals surface area contributed by atoms with Crippen LogP contribution in [0, 0.1) is 52.3 Å². The second-order valence-electron chi connectivity index (χ2n) is 42.4. The van der Waals surface area contributed by atoms with Crippen LogP contribution in [0.4, 0.5) is 0 Å². The van der Waals surface area contributed by atoms with Gasteiger partial charge in [0.05, 0.1) is 19.8 Å². The SMILES string of the molecule is CCC(C)c1ccc(O)cc1.CCC(C)c1ccc(O)cc1.CCC(C)c1ccc(OC(OCCC2CCCCC2)C2CCCCC2C)cc1.CCC(C)c1ccc(OC(OCCOc2ccccc2)C23CC4CC(CC(C4)C2)C3)cc1.CCCCC(C)C(OCC1c2ccccc2-c2ccccc21)Oc1ccc(C(C)CC)cc1.CCOC(Oc1ccc(C(C)CC)cc1)C1(C)CCCCC1. The second-order valence-corrected chi connectivity index (χ2v) is 42.4. The monoisotopic (exact) mass is 1870 g/mol. The summed E-state index contributed by atoms with van der Waals surface area (Å²) in [7, 11) is 0. The van der Waals surface area contributed by atoms with Crippen molar-refractivity contribution in [1.82, 2.24) is 0 Å². The lowest BCUT2D eigenvalue weighted by Crippen LogP contribution is -2.54. The fourth-order valence-electron chi connectivity index (χ4n) is 22.2. The lowest BCUT2D eigenvalue weighted by molar-refractivity contribution is -0.217. The Labute approximate surface area is 830 Å². The summed E-state index contributed by atoms with van der Waals surface area (Å²) >= 11 is 0. The van der Waals surface area contributed by atoms with E-state index in [4.69, 9.17) is 52.8 Å². The maximum atomic E-state index is 9.01. The zero-order valence-corrected chi connectivity index (χ0v) is 87.6. The Morgan fingerprint density at radius 3 is 1.19 bits per heavy atom. The first-order valence-corrected chi connectivity index (χ1v) is 54.5. The van der Waals surface area contributed by atoms with Crippen LogP contribution in [-0.4, -0.2) is 68.4 Å². The summed E-state index contributed by atoms with van der Waals surface area (Å²) < 4.78 is 57.2. The number of phenolic OH excluding ortho intramolecular Hbond substituents is 2. The Kier molecular flexibility index (Phi) is 45.1. The second kappa shape index (κ2) is 56.8. The lowest BCUT2D eigenvalue weighted by atomic mass is 9.49. The number of fused-ring (bicyclic) bond motifs is 3. The number of rotatable bonds is 41. The van der Waals surface area contributed by atoms with E-state index in [1.807, 2.05) is 54.6 Å². The summed E-state index contributed by atoms with van der Waals surface area (Å²) in [4.78, 5) is 0. The van der Waals surface area contributed by atoms with E-state index in [1.165, 1.54) is 216 Å². The Bertz CT molecular complexity index is 4630. The third-order valence-corrected chi connectivity index (χ3v) is 32.1. The first-order chi connectivity index (χ1) is 66.5. The van der Waals surface area contributed by atoms with Crippen molar-refractivity contribution in [2.75, 3.05) is 33.0 Å². The van der Waals surface area contributed by atoms with Gasteiger partial charge in [0.15, 0.2) is 0 Å². The number of aromatic hydroxyl groups is 2. The quantitative estimate of drug-likeness (QED) is 0.0281. The highest BCUT2D eigenvalue weighted by Crippen LogP contribution is 2.62. The molecule has 8 aliphatic rings. The van der Waals surface area contributed by atoms with E-state index in [0.717, 1.165) is 91.1 Å². The van der Waals surface area contributed by atoms with Crippen molar-refractivity contribution in [3.05, 3.63) is 269 Å². The van der Waals surface area contributed by atoms with Gasteiger partial charge in [0.25, 0.3) is 0 Å². The van der Waals surface area contributed by atoms with Crippen LogP contribution in [0.25, 0.3) is 11.1 Å². The van der Waals surface area contributed by atoms with Crippen molar-refractivity contribution in [3.63, 3.8) is 0 Å². The summed E-state index contributed by atoms with van der Waals surface area (Å²) in [5.74, 6) is 14.1. The summed E-state index contributed by atoms with van der Waals surface area (Å²) in [6.07, 6.45) is 37.5. The molecule has 4 bridgehead atoms. The van der Waals surface area contributed by atoms with Crippen LogP contribution in [0.2, 0.25) is 0 Å². The topological polar surface area (TPSA) is 124 Å². The number of hydrogen-bond acceptors (Lipinski definition) is 11. The number of para-hydroxylation sites is 1. The molecule has 0 aliphatic heterocycles. The predicted molar refractivity (Wildman–Crippen MR) is 570 cm³/mol. The number of phenols is 2. The predicted octanol–water partition coefficient (Wildman–Crippen LogP) is 35.2. The molecule has 13 atom stereocenters. The van der Waals surface area contributed by atoms with Crippen LogP contribution >= 0.6 is 0 Å². The Balaban J connectivity index is 0.000000164. The Hall–Kier alpha value is -8.58. The molecular formula is C126H178O11. The molecule has 137 heavy (non-hydrogen) atoms. The highest BCUT2D eigenvalue weighted by atomic mass is 16.7. The van der Waals surface area contributed by atoms with Crippen molar-refractivity contribution < 1.29 is 52.8 Å². The molecule has 13 unspecified atom stereocenters. The molecule has 0 heterocycles. The molecular weight excluding hydrogens is 1690 g/mol. The molecule has 7 fully saturated rings. The first-order valence-electron chi connectivity index (χ1n) is 54.5. The molecule has 11 nitrogen and oxygen atoms in total. The molecule has 2 N–H and O–H groups in total. The lowest BCUT2D eigenvalue weighted by Gasteiger charge is -2.58. The van der Waals surface area contributed by atoms with Crippen LogP contribution in [0.3, 0.4) is 0 Å². The van der Waals surface area contributed by atoms with Crippen LogP contribution in [0.5, 0.6) is 40.2 Å². The molecule has 9 aromatic rings. The van der Waals surface area contributed by atoms with Crippen molar-refractivity contribution in [2.45, 2.75) is 377 Å². The zero-order valence-electron chi connectivity index (χ0n) is 87.6. The molecule has 0 spiro atoms. The molecule has 0 amide bonds. The zero-order chi connectivity index (χ0) is 97.5. The van der Waals surface area contributed by atoms with E-state index >= 15 is 0 Å². The van der Waals surface area contributed by atoms with Gasteiger partial charge in [-0.15, -0.1) is 0 Å². The molecule has 8 aliphatic carbocycles. The minimum Gasteiger partial charge on any atom is -0.508 e. The fraction of sp³-hybridized carbons (Fsp3) is 0.571. The smallest absolute Gasteiger partial charge is 0.205 e. The van der Waals surface area contributed by atoms with Gasteiger partial charge in [-0.1, -0.05) is 334 Å². The number of hydrogen-bond donors (Lipinski definition) is 2. The molecule has 0 radical (unpaired) electrons. The van der Waals surface area contributed by atoms with Gasteiger partial charge in [-0.05, 0) is 322 Å². The van der Waals surface area contributed by atoms with E-state index in [9.17, 15) is 0 Å². The maximum Gasteiger partial charge on any atom is 0.205 e. The summed E-state index contributed by atoms with van der Waals surface area (Å²) in [6, 6.07) is 76.9. The highest BCUT2D eigenvalue weighted by Gasteiger charge is 2.56. The van der Waals surface area contributed by atoms with E-state index in [-0.39, 0.29) is 41.9 Å². The van der Waals surface area contributed by atoms with Gasteiger partial charge >= 0.3 is 0 Å². The van der Waals surface area contributed by atoms with Crippen LogP contribution < -0.4 is 23.7 Å². The summed E-state index contributed by atoms with van der Waals surface area (Å²) in [6.45, 7) is 41.3. The fourth-order valence-corrected chi connectivity index (χ4v) is 22.2. The molecule has 9 aromatic carbocycles. The van der Waals surface area contributed by atoms with Gasteiger partial charge in [0.1, 0.15) is 46.9 Å². The van der Waals surface area contributed by atoms with Crippen molar-refractivity contribution in [3.8, 4) is 51.4 Å². The number of unbranched alkanes of at least 4 members (excludes halogenated alkanes) is 1. The molecule has 11 heteroatoms. The molecule has 748 valence electrons. The highest BCUT2D eigenvalue weighted by molar-refractivity contribution is 5.78. The molecule has 0 saturated heterocycles. The third-order valence-electron chi connectivity index (χ3n) is 32.1. The number of ether oxygens (including phenoxy) is 9. The van der Waals surface area contributed by atoms with Gasteiger partial charge < -0.3 is 52.8 Å². The summed E-state index contributed by atoms with van der Waals surface area (Å²) in [5, 5.41) is 18.0. The standard InChI is InChI=1S/C31H38O2.C29H38O3.C26H42O2.C20H32O2.2C10H14O/c1-5-7-12-23(4)31(33-25-19-17-24(18-20-25)22(3)6-2)32-21-30-28-15-10-8-13-26(28)27-14-9-11-16-29(27)30;1-3-21(2)25-9-11-27(12-10-25)32-28(31-14-13-30-26-7-5-4-6-8-26)29-18-22-15-23(19-29)17-24(16-22)20-29;1-4-20(2)23-14-16-24(17-15-23)28-26(25-13-9-8-10-21(25)3)27-19-18-22-11-6-5-7-12-22;1-5-16(3)17-10-12-18(13-11-17)22-19(21-6-2)20(4)14-8-7-9-15-20;2*1-3-8(2)9-4-6-10(11)7-5-9/h8-11,13-20,22-23,30-31H,5-7,12,21H2,1-4H3;4-12,21-24,28H,3,13-20H2,1-2H3;14-17,20-22,25-26H,4-13,18-19H2,1-3H3;10-13,16,19H,5-9,14-15H2,1-4H3;2*4-8,11H,3H2,1-2H3. The maximum absolute atomic E-state index is 9.01. The van der Waals surface area contributed by atoms with Gasteiger partial charge in [-0.25, -0.2) is 0 Å². The van der Waals surface area contributed by atoms with Crippen molar-refractivity contribution >= 4 is 0 Å². The average molecular weight is 1870 g/mol. The molecule has 17 rings (SSSR count). The Morgan fingerprint density at radius 1 is 0.365 bits per heavy atom. The average Bonchev–Trinajstić information content (AvgIpc) is 1.48. The molecule has 0 aromatic heterocycles. The normalized spacial score (nSPS) is 21.4. The first kappa shape index (κ1) is 109. The number of benzene rings is 9. The largest absolute Gasteiger partial charge is 0.508 e. The third kappa shape index (κ3) is 33.0. The van der Waals surface area contributed by atoms with E-state index in [2.05, 4.69) is 263 Å². The Morgan fingerprint density at radius 2 is 0.759 bits per heavy atom. The summed E-state index contributed by atoms with van der Waals surface area (Å²) in [5.41, 5.74) is 13.8. The van der Waals surface area contributed by atoms with E-state index < -0.39 is 0 Å². The van der Waals surface area contributed by atoms with Gasteiger partial charge in [-0.2, -0.15) is 0 Å². The minimum atomic E-state index is -0.258. The van der Waals surface area contributed by atoms with Crippen molar-refractivity contribution in [1.29, 1.82) is 0 Å². The van der Waals surface area contributed by atoms with Crippen LogP contribution in [0.15, 0.2) is 224 Å². The van der Waals surface area contributed by atoms with Crippen LogP contribution in [-0.2, 0) is 18.9 Å². The van der Waals surface area contributed by atoms with Gasteiger partial charge in [0, 0.05) is 35.2 Å². The van der Waals surface area contributed by atoms with Gasteiger partial charge in [0.2, 0.25) is 25.2 Å². The molecule has 7 saturated carbocycles. The van der Waals surface area contributed by atoms with E-state index in [1.54, 1.807) is 24.3 Å². The minimum absolute atomic E-state index is 0.0895. The van der Waals surface area contributed by atoms with E-state index in [0.29, 0.717) is 91.2 Å². The van der Waals surface area contributed by atoms with Crippen LogP contribution in [0.1, 0.15) is 396 Å². The van der Waals surface area contributed by atoms with Crippen molar-refractivity contribution in [2.24, 2.45) is 52.3 Å².